The quantitative estimate of drug-likeness (QED) is 0.440. The molecule has 0 bridgehead atoms. The lowest BCUT2D eigenvalue weighted by Crippen LogP contribution is -2.38. The van der Waals surface area contributed by atoms with E-state index in [-0.39, 0.29) is 5.82 Å². The summed E-state index contributed by atoms with van der Waals surface area (Å²) in [6, 6.07) is 6.71. The third-order valence-corrected chi connectivity index (χ3v) is 3.58. The molecule has 0 spiro atoms. The summed E-state index contributed by atoms with van der Waals surface area (Å²) in [5.74, 6) is 1.83. The number of thioether (sulfide) groups is 1. The fraction of sp³-hybridized carbons (Fsp3) is 0.533. The molecule has 0 aliphatic heterocycles. The van der Waals surface area contributed by atoms with Gasteiger partial charge in [0.25, 0.3) is 0 Å². The van der Waals surface area contributed by atoms with E-state index >= 15 is 0 Å². The van der Waals surface area contributed by atoms with Crippen LogP contribution in [0.15, 0.2) is 29.3 Å². The largest absolute Gasteiger partial charge is 0.356 e. The van der Waals surface area contributed by atoms with Crippen LogP contribution in [0, 0.1) is 5.82 Å². The van der Waals surface area contributed by atoms with Crippen LogP contribution < -0.4 is 10.6 Å². The molecule has 3 nitrogen and oxygen atoms in total. The molecule has 0 heterocycles. The number of hydrogen-bond donors (Lipinski definition) is 2. The van der Waals surface area contributed by atoms with Crippen LogP contribution >= 0.6 is 11.8 Å². The minimum atomic E-state index is -0.182. The summed E-state index contributed by atoms with van der Waals surface area (Å²) in [5, 5.41) is 6.52. The summed E-state index contributed by atoms with van der Waals surface area (Å²) in [5.41, 5.74) is 0.993. The maximum absolute atomic E-state index is 13.0. The Morgan fingerprint density at radius 3 is 2.75 bits per heavy atom. The minimum absolute atomic E-state index is 0.182. The summed E-state index contributed by atoms with van der Waals surface area (Å²) in [7, 11) is 1.76. The number of benzene rings is 1. The van der Waals surface area contributed by atoms with Crippen LogP contribution in [0.4, 0.5) is 4.39 Å². The number of guanidine groups is 1. The van der Waals surface area contributed by atoms with Crippen molar-refractivity contribution < 1.29 is 4.39 Å². The maximum Gasteiger partial charge on any atom is 0.190 e. The van der Waals surface area contributed by atoms with Gasteiger partial charge in [-0.3, -0.25) is 4.99 Å². The maximum atomic E-state index is 13.0. The lowest BCUT2D eigenvalue weighted by Gasteiger charge is -2.11. The number of aliphatic imine (C=N–C) groups is 1. The van der Waals surface area contributed by atoms with Crippen molar-refractivity contribution in [2.24, 2.45) is 4.99 Å². The van der Waals surface area contributed by atoms with E-state index in [0.717, 1.165) is 37.5 Å². The highest BCUT2D eigenvalue weighted by molar-refractivity contribution is 7.98. The molecule has 0 radical (unpaired) electrons. The van der Waals surface area contributed by atoms with Crippen LogP contribution in [0.1, 0.15) is 18.4 Å². The Morgan fingerprint density at radius 2 is 2.05 bits per heavy atom. The van der Waals surface area contributed by atoms with Crippen LogP contribution in [-0.4, -0.2) is 38.1 Å². The van der Waals surface area contributed by atoms with Crippen molar-refractivity contribution in [3.8, 4) is 0 Å². The molecule has 0 atom stereocenters. The Labute approximate surface area is 125 Å². The predicted molar refractivity (Wildman–Crippen MR) is 87.1 cm³/mol. The molecule has 2 N–H and O–H groups in total. The minimum Gasteiger partial charge on any atom is -0.356 e. The summed E-state index contributed by atoms with van der Waals surface area (Å²) >= 11 is 1.87. The number of unbranched alkanes of at least 4 members (excludes halogenated alkanes) is 1. The van der Waals surface area contributed by atoms with Crippen molar-refractivity contribution in [3.05, 3.63) is 35.6 Å². The van der Waals surface area contributed by atoms with E-state index in [2.05, 4.69) is 21.9 Å². The molecule has 1 aromatic carbocycles. The number of nitrogens with zero attached hydrogens (tertiary/aromatic N) is 1. The van der Waals surface area contributed by atoms with Crippen molar-refractivity contribution >= 4 is 17.7 Å². The van der Waals surface area contributed by atoms with Crippen molar-refractivity contribution in [1.29, 1.82) is 0 Å². The summed E-state index contributed by atoms with van der Waals surface area (Å²) in [6.07, 6.45) is 5.27. The van der Waals surface area contributed by atoms with E-state index < -0.39 is 0 Å². The molecule has 20 heavy (non-hydrogen) atoms. The van der Waals surface area contributed by atoms with Gasteiger partial charge in [-0.1, -0.05) is 12.1 Å². The summed E-state index contributed by atoms with van der Waals surface area (Å²) < 4.78 is 13.0. The molecule has 1 rings (SSSR count). The van der Waals surface area contributed by atoms with Crippen LogP contribution in [0.25, 0.3) is 0 Å². The van der Waals surface area contributed by atoms with Crippen LogP contribution in [-0.2, 0) is 6.42 Å². The van der Waals surface area contributed by atoms with Crippen LogP contribution in [0.5, 0.6) is 0 Å². The second-order valence-electron chi connectivity index (χ2n) is 4.51. The zero-order valence-electron chi connectivity index (χ0n) is 12.3. The van der Waals surface area contributed by atoms with Crippen LogP contribution in [0.3, 0.4) is 0 Å². The normalized spacial score (nSPS) is 11.4. The molecule has 0 fully saturated rings. The van der Waals surface area contributed by atoms with E-state index in [1.54, 1.807) is 19.2 Å². The number of hydrogen-bond acceptors (Lipinski definition) is 2. The molecule has 1 aromatic rings. The zero-order valence-corrected chi connectivity index (χ0v) is 13.1. The lowest BCUT2D eigenvalue weighted by atomic mass is 10.1. The van der Waals surface area contributed by atoms with Gasteiger partial charge in [-0.05, 0) is 49.0 Å². The van der Waals surface area contributed by atoms with Gasteiger partial charge < -0.3 is 10.6 Å². The van der Waals surface area contributed by atoms with Gasteiger partial charge in [-0.15, -0.1) is 0 Å². The van der Waals surface area contributed by atoms with Gasteiger partial charge in [0.2, 0.25) is 0 Å². The first-order chi connectivity index (χ1) is 9.76. The fourth-order valence-electron chi connectivity index (χ4n) is 1.82. The molecule has 0 aliphatic rings. The Morgan fingerprint density at radius 1 is 1.25 bits per heavy atom. The van der Waals surface area contributed by atoms with Gasteiger partial charge >= 0.3 is 0 Å². The fourth-order valence-corrected chi connectivity index (χ4v) is 2.31. The zero-order chi connectivity index (χ0) is 14.6. The first-order valence-corrected chi connectivity index (χ1v) is 8.33. The van der Waals surface area contributed by atoms with Gasteiger partial charge in [0.1, 0.15) is 5.82 Å². The molecule has 0 saturated heterocycles. The first kappa shape index (κ1) is 16.8. The highest BCUT2D eigenvalue weighted by atomic mass is 32.2. The predicted octanol–water partition coefficient (Wildman–Crippen LogP) is 2.68. The van der Waals surface area contributed by atoms with E-state index in [1.165, 1.54) is 18.2 Å². The van der Waals surface area contributed by atoms with E-state index in [9.17, 15) is 4.39 Å². The van der Waals surface area contributed by atoms with Gasteiger partial charge in [0, 0.05) is 20.1 Å². The van der Waals surface area contributed by atoms with Gasteiger partial charge in [0.05, 0.1) is 0 Å². The molecular formula is C15H24FN3S. The number of rotatable bonds is 8. The molecule has 0 saturated carbocycles. The van der Waals surface area contributed by atoms with Crippen LogP contribution in [0.2, 0.25) is 0 Å². The first-order valence-electron chi connectivity index (χ1n) is 6.94. The SMILES string of the molecule is CN=C(NCCCCSC)NCCc1cccc(F)c1. The molecule has 5 heteroatoms. The topological polar surface area (TPSA) is 36.4 Å². The summed E-state index contributed by atoms with van der Waals surface area (Å²) in [6.45, 7) is 1.67. The highest BCUT2D eigenvalue weighted by Crippen LogP contribution is 2.03. The molecular weight excluding hydrogens is 273 g/mol. The van der Waals surface area contributed by atoms with E-state index in [4.69, 9.17) is 0 Å². The smallest absolute Gasteiger partial charge is 0.190 e. The van der Waals surface area contributed by atoms with Gasteiger partial charge in [-0.2, -0.15) is 11.8 Å². The second kappa shape index (κ2) is 10.5. The van der Waals surface area contributed by atoms with E-state index in [1.807, 2.05) is 17.8 Å². The van der Waals surface area contributed by atoms with Crippen molar-refractivity contribution in [2.75, 3.05) is 32.1 Å². The Hall–Kier alpha value is -1.23. The molecule has 112 valence electrons. The summed E-state index contributed by atoms with van der Waals surface area (Å²) in [4.78, 5) is 4.17. The van der Waals surface area contributed by atoms with Crippen molar-refractivity contribution in [2.45, 2.75) is 19.3 Å². The average molecular weight is 297 g/mol. The van der Waals surface area contributed by atoms with E-state index in [0.29, 0.717) is 0 Å². The number of nitrogens with one attached hydrogen (secondary N) is 2. The number of halogens is 1. The second-order valence-corrected chi connectivity index (χ2v) is 5.49. The molecule has 0 aliphatic carbocycles. The monoisotopic (exact) mass is 297 g/mol. The van der Waals surface area contributed by atoms with Crippen molar-refractivity contribution in [3.63, 3.8) is 0 Å². The average Bonchev–Trinajstić information content (AvgIpc) is 2.45. The third-order valence-electron chi connectivity index (χ3n) is 2.89. The Bertz CT molecular complexity index is 410. The molecule has 0 amide bonds. The Kier molecular flexibility index (Phi) is 8.87. The highest BCUT2D eigenvalue weighted by Gasteiger charge is 1.98. The van der Waals surface area contributed by atoms with Crippen molar-refractivity contribution in [1.82, 2.24) is 10.6 Å². The molecule has 0 aromatic heterocycles. The third kappa shape index (κ3) is 7.38. The Balaban J connectivity index is 2.18. The van der Waals surface area contributed by atoms with Gasteiger partial charge in [-0.25, -0.2) is 4.39 Å². The molecule has 0 unspecified atom stereocenters. The standard InChI is InChI=1S/C15H24FN3S/c1-17-15(18-9-3-4-11-20-2)19-10-8-13-6-5-7-14(16)12-13/h5-7,12H,3-4,8-11H2,1-2H3,(H2,17,18,19). The van der Waals surface area contributed by atoms with Gasteiger partial charge in [0.15, 0.2) is 5.96 Å². The lowest BCUT2D eigenvalue weighted by molar-refractivity contribution is 0.625.